The fourth-order valence-electron chi connectivity index (χ4n) is 1.16. The van der Waals surface area contributed by atoms with E-state index in [1.807, 2.05) is 6.92 Å². The summed E-state index contributed by atoms with van der Waals surface area (Å²) in [4.78, 5) is 0. The van der Waals surface area contributed by atoms with Crippen molar-refractivity contribution in [2.75, 3.05) is 6.54 Å². The third-order valence-electron chi connectivity index (χ3n) is 1.99. The predicted octanol–water partition coefficient (Wildman–Crippen LogP) is 1.81. The maximum Gasteiger partial charge on any atom is 0.162 e. The van der Waals surface area contributed by atoms with Gasteiger partial charge in [-0.25, -0.2) is 0 Å². The van der Waals surface area contributed by atoms with E-state index < -0.39 is 0 Å². The van der Waals surface area contributed by atoms with E-state index in [0.29, 0.717) is 17.1 Å². The van der Waals surface area contributed by atoms with Crippen LogP contribution < -0.4 is 5.73 Å². The molecular formula is C9H12ClNO2. The van der Waals surface area contributed by atoms with Crippen LogP contribution in [0.5, 0.6) is 11.5 Å². The molecule has 0 radical (unpaired) electrons. The Kier molecular flexibility index (Phi) is 3.01. The molecule has 0 bridgehead atoms. The van der Waals surface area contributed by atoms with Gasteiger partial charge in [0.05, 0.1) is 0 Å². The number of hydrogen-bond acceptors (Lipinski definition) is 3. The van der Waals surface area contributed by atoms with E-state index in [1.54, 1.807) is 0 Å². The summed E-state index contributed by atoms with van der Waals surface area (Å²) in [5, 5.41) is 19.1. The minimum absolute atomic E-state index is 0.0698. The van der Waals surface area contributed by atoms with Crippen molar-refractivity contribution < 1.29 is 10.2 Å². The summed E-state index contributed by atoms with van der Waals surface area (Å²) in [7, 11) is 0. The van der Waals surface area contributed by atoms with Crippen molar-refractivity contribution in [3.8, 4) is 11.5 Å². The number of nitrogens with two attached hydrogens (primary N) is 1. The van der Waals surface area contributed by atoms with Crippen LogP contribution in [-0.2, 0) is 0 Å². The van der Waals surface area contributed by atoms with Crippen LogP contribution in [0.25, 0.3) is 0 Å². The van der Waals surface area contributed by atoms with Gasteiger partial charge in [0, 0.05) is 10.6 Å². The van der Waals surface area contributed by atoms with Crippen LogP contribution in [0.3, 0.4) is 0 Å². The van der Waals surface area contributed by atoms with Crippen molar-refractivity contribution in [3.05, 3.63) is 22.7 Å². The van der Waals surface area contributed by atoms with Crippen LogP contribution >= 0.6 is 11.6 Å². The number of halogens is 1. The molecule has 0 heterocycles. The first-order valence-electron chi connectivity index (χ1n) is 3.98. The van der Waals surface area contributed by atoms with Gasteiger partial charge in [0.2, 0.25) is 0 Å². The predicted molar refractivity (Wildman–Crippen MR) is 52.3 cm³/mol. The van der Waals surface area contributed by atoms with Crippen LogP contribution in [0, 0.1) is 0 Å². The Labute approximate surface area is 81.8 Å². The average molecular weight is 202 g/mol. The van der Waals surface area contributed by atoms with Crippen molar-refractivity contribution in [2.24, 2.45) is 5.73 Å². The fourth-order valence-corrected chi connectivity index (χ4v) is 1.50. The lowest BCUT2D eigenvalue weighted by Gasteiger charge is -2.13. The summed E-state index contributed by atoms with van der Waals surface area (Å²) in [5.74, 6) is -0.412. The van der Waals surface area contributed by atoms with Crippen LogP contribution in [0.4, 0.5) is 0 Å². The smallest absolute Gasteiger partial charge is 0.162 e. The molecule has 1 aromatic carbocycles. The highest BCUT2D eigenvalue weighted by Crippen LogP contribution is 2.38. The van der Waals surface area contributed by atoms with Gasteiger partial charge in [0.15, 0.2) is 11.5 Å². The molecule has 1 unspecified atom stereocenters. The minimum Gasteiger partial charge on any atom is -0.504 e. The highest BCUT2D eigenvalue weighted by Gasteiger charge is 2.15. The van der Waals surface area contributed by atoms with Crippen molar-refractivity contribution in [1.29, 1.82) is 0 Å². The Balaban J connectivity index is 3.25. The van der Waals surface area contributed by atoms with E-state index >= 15 is 0 Å². The molecule has 0 saturated carbocycles. The third-order valence-corrected chi connectivity index (χ3v) is 2.32. The Morgan fingerprint density at radius 2 is 2.08 bits per heavy atom. The maximum absolute atomic E-state index is 9.49. The largest absolute Gasteiger partial charge is 0.504 e. The molecule has 0 spiro atoms. The zero-order chi connectivity index (χ0) is 10.0. The lowest BCUT2D eigenvalue weighted by molar-refractivity contribution is 0.397. The van der Waals surface area contributed by atoms with E-state index in [-0.39, 0.29) is 17.4 Å². The SMILES string of the molecule is CC(CN)c1c(Cl)ccc(O)c1O. The first kappa shape index (κ1) is 10.2. The van der Waals surface area contributed by atoms with Gasteiger partial charge < -0.3 is 15.9 Å². The van der Waals surface area contributed by atoms with E-state index in [2.05, 4.69) is 0 Å². The third kappa shape index (κ3) is 1.87. The molecule has 0 aliphatic rings. The first-order chi connectivity index (χ1) is 6.07. The van der Waals surface area contributed by atoms with Gasteiger partial charge in [-0.05, 0) is 24.6 Å². The number of benzene rings is 1. The van der Waals surface area contributed by atoms with E-state index in [0.717, 1.165) is 0 Å². The second-order valence-electron chi connectivity index (χ2n) is 2.97. The molecule has 0 amide bonds. The Bertz CT molecular complexity index is 315. The molecule has 3 nitrogen and oxygen atoms in total. The first-order valence-corrected chi connectivity index (χ1v) is 4.36. The van der Waals surface area contributed by atoms with Gasteiger partial charge in [0.25, 0.3) is 0 Å². The Hall–Kier alpha value is -0.930. The molecule has 1 atom stereocenters. The normalized spacial score (nSPS) is 12.8. The molecule has 1 aromatic rings. The molecule has 0 saturated heterocycles. The zero-order valence-corrected chi connectivity index (χ0v) is 8.04. The Morgan fingerprint density at radius 3 is 2.62 bits per heavy atom. The average Bonchev–Trinajstić information content (AvgIpc) is 2.12. The van der Waals surface area contributed by atoms with Crippen molar-refractivity contribution in [3.63, 3.8) is 0 Å². The molecular weight excluding hydrogens is 190 g/mol. The van der Waals surface area contributed by atoms with Gasteiger partial charge in [-0.1, -0.05) is 18.5 Å². The standard InChI is InChI=1S/C9H12ClNO2/c1-5(4-11)8-6(10)2-3-7(12)9(8)13/h2-3,5,12-13H,4,11H2,1H3. The summed E-state index contributed by atoms with van der Waals surface area (Å²) in [6.45, 7) is 2.21. The molecule has 0 aromatic heterocycles. The van der Waals surface area contributed by atoms with E-state index in [4.69, 9.17) is 17.3 Å². The summed E-state index contributed by atoms with van der Waals surface area (Å²) in [5.41, 5.74) is 5.94. The van der Waals surface area contributed by atoms with Gasteiger partial charge in [-0.3, -0.25) is 0 Å². The number of rotatable bonds is 2. The molecule has 4 heteroatoms. The quantitative estimate of drug-likeness (QED) is 0.640. The lowest BCUT2D eigenvalue weighted by atomic mass is 10.00. The molecule has 1 rings (SSSR count). The van der Waals surface area contributed by atoms with E-state index in [9.17, 15) is 10.2 Å². The van der Waals surface area contributed by atoms with Gasteiger partial charge in [-0.2, -0.15) is 0 Å². The highest BCUT2D eigenvalue weighted by molar-refractivity contribution is 6.31. The van der Waals surface area contributed by atoms with Crippen LogP contribution in [0.2, 0.25) is 5.02 Å². The molecule has 4 N–H and O–H groups in total. The van der Waals surface area contributed by atoms with Gasteiger partial charge in [0.1, 0.15) is 0 Å². The molecule has 72 valence electrons. The number of phenolic OH excluding ortho intramolecular Hbond substituents is 2. The number of hydrogen-bond donors (Lipinski definition) is 3. The molecule has 0 fully saturated rings. The summed E-state index contributed by atoms with van der Waals surface area (Å²) < 4.78 is 0. The number of phenols is 2. The molecule has 0 aliphatic heterocycles. The zero-order valence-electron chi connectivity index (χ0n) is 7.29. The van der Waals surface area contributed by atoms with Crippen LogP contribution in [0.1, 0.15) is 18.4 Å². The monoisotopic (exact) mass is 201 g/mol. The Morgan fingerprint density at radius 1 is 1.46 bits per heavy atom. The van der Waals surface area contributed by atoms with Crippen LogP contribution in [-0.4, -0.2) is 16.8 Å². The second-order valence-corrected chi connectivity index (χ2v) is 3.37. The van der Waals surface area contributed by atoms with E-state index in [1.165, 1.54) is 12.1 Å². The maximum atomic E-state index is 9.49. The summed E-state index contributed by atoms with van der Waals surface area (Å²) >= 11 is 5.85. The summed E-state index contributed by atoms with van der Waals surface area (Å²) in [6, 6.07) is 2.89. The van der Waals surface area contributed by atoms with Crippen LogP contribution in [0.15, 0.2) is 12.1 Å². The molecule has 0 aliphatic carbocycles. The van der Waals surface area contributed by atoms with Crippen molar-refractivity contribution in [1.82, 2.24) is 0 Å². The second kappa shape index (κ2) is 3.85. The topological polar surface area (TPSA) is 66.5 Å². The minimum atomic E-state index is -0.176. The number of aromatic hydroxyl groups is 2. The van der Waals surface area contributed by atoms with Gasteiger partial charge >= 0.3 is 0 Å². The fraction of sp³-hybridized carbons (Fsp3) is 0.333. The summed E-state index contributed by atoms with van der Waals surface area (Å²) in [6.07, 6.45) is 0. The molecule has 13 heavy (non-hydrogen) atoms. The highest BCUT2D eigenvalue weighted by atomic mass is 35.5. The van der Waals surface area contributed by atoms with Crippen molar-refractivity contribution >= 4 is 11.6 Å². The lowest BCUT2D eigenvalue weighted by Crippen LogP contribution is -2.09. The van der Waals surface area contributed by atoms with Crippen molar-refractivity contribution in [2.45, 2.75) is 12.8 Å². The van der Waals surface area contributed by atoms with Gasteiger partial charge in [-0.15, -0.1) is 0 Å².